The average Bonchev–Trinajstić information content (AvgIpc) is 3.29. The van der Waals surface area contributed by atoms with Gasteiger partial charge in [-0.1, -0.05) is 30.3 Å². The molecule has 1 aliphatic carbocycles. The fraction of sp³-hybridized carbons (Fsp3) is 0.143. The number of rotatable bonds is 4. The Morgan fingerprint density at radius 1 is 1.04 bits per heavy atom. The Hall–Kier alpha value is -3.34. The molecule has 4 rings (SSSR count). The number of benzene rings is 2. The third-order valence-electron chi connectivity index (χ3n) is 4.59. The van der Waals surface area contributed by atoms with Crippen molar-refractivity contribution in [1.29, 1.82) is 0 Å². The van der Waals surface area contributed by atoms with Gasteiger partial charge in [-0.15, -0.1) is 0 Å². The maximum atomic E-state index is 12.4. The van der Waals surface area contributed by atoms with Gasteiger partial charge in [0.25, 0.3) is 5.91 Å². The normalized spacial score (nSPS) is 12.8. The summed E-state index contributed by atoms with van der Waals surface area (Å²) in [6, 6.07) is 15.1. The fourth-order valence-electron chi connectivity index (χ4n) is 3.21. The molecule has 5 heteroatoms. The zero-order valence-electron chi connectivity index (χ0n) is 14.3. The minimum absolute atomic E-state index is 0.266. The molecule has 0 saturated carbocycles. The molecule has 5 nitrogen and oxygen atoms in total. The van der Waals surface area contributed by atoms with E-state index in [1.807, 2.05) is 30.3 Å². The van der Waals surface area contributed by atoms with Crippen LogP contribution in [-0.4, -0.2) is 17.9 Å². The van der Waals surface area contributed by atoms with Crippen molar-refractivity contribution in [3.8, 4) is 11.1 Å². The summed E-state index contributed by atoms with van der Waals surface area (Å²) in [6.45, 7) is 1.65. The van der Waals surface area contributed by atoms with E-state index in [0.717, 1.165) is 12.1 Å². The number of furan rings is 1. The predicted molar refractivity (Wildman–Crippen MR) is 98.9 cm³/mol. The van der Waals surface area contributed by atoms with Crippen molar-refractivity contribution in [3.05, 3.63) is 77.7 Å². The first kappa shape index (κ1) is 16.1. The molecule has 0 bridgehead atoms. The topological polar surface area (TPSA) is 71.3 Å². The molecule has 0 spiro atoms. The summed E-state index contributed by atoms with van der Waals surface area (Å²) in [5.41, 5.74) is 6.07. The minimum Gasteiger partial charge on any atom is -0.472 e. The van der Waals surface area contributed by atoms with E-state index in [-0.39, 0.29) is 11.8 Å². The molecule has 0 radical (unpaired) electrons. The molecule has 2 N–H and O–H groups in total. The first-order valence-corrected chi connectivity index (χ1v) is 8.47. The van der Waals surface area contributed by atoms with Crippen LogP contribution in [0.5, 0.6) is 0 Å². The zero-order valence-corrected chi connectivity index (χ0v) is 14.3. The van der Waals surface area contributed by atoms with Crippen molar-refractivity contribution in [3.63, 3.8) is 0 Å². The fourth-order valence-corrected chi connectivity index (χ4v) is 3.21. The van der Waals surface area contributed by atoms with E-state index in [2.05, 4.69) is 22.8 Å². The largest absolute Gasteiger partial charge is 0.472 e. The predicted octanol–water partition coefficient (Wildman–Crippen LogP) is 3.61. The van der Waals surface area contributed by atoms with Gasteiger partial charge in [0, 0.05) is 5.69 Å². The molecule has 26 heavy (non-hydrogen) atoms. The summed E-state index contributed by atoms with van der Waals surface area (Å²) in [5, 5.41) is 5.53. The van der Waals surface area contributed by atoms with Crippen molar-refractivity contribution in [2.24, 2.45) is 0 Å². The van der Waals surface area contributed by atoms with Crippen molar-refractivity contribution >= 4 is 17.5 Å². The van der Waals surface area contributed by atoms with Crippen molar-refractivity contribution < 1.29 is 14.0 Å². The number of hydrogen-bond acceptors (Lipinski definition) is 3. The molecule has 130 valence electrons. The van der Waals surface area contributed by atoms with E-state index in [0.29, 0.717) is 5.56 Å². The van der Waals surface area contributed by atoms with E-state index < -0.39 is 6.04 Å². The van der Waals surface area contributed by atoms with E-state index in [4.69, 9.17) is 4.42 Å². The SMILES string of the molecule is C[C@H](NC(=O)c1ccoc1)C(=O)Nc1ccc2c(c1)Cc1ccccc1-2. The number of fused-ring (bicyclic) bond motifs is 3. The lowest BCUT2D eigenvalue weighted by molar-refractivity contribution is -0.117. The average molecular weight is 346 g/mol. The summed E-state index contributed by atoms with van der Waals surface area (Å²) in [7, 11) is 0. The van der Waals surface area contributed by atoms with Crippen molar-refractivity contribution in [1.82, 2.24) is 5.32 Å². The van der Waals surface area contributed by atoms with Crippen molar-refractivity contribution in [2.75, 3.05) is 5.32 Å². The summed E-state index contributed by atoms with van der Waals surface area (Å²) < 4.78 is 4.88. The van der Waals surface area contributed by atoms with Crippen LogP contribution in [0.1, 0.15) is 28.4 Å². The Labute approximate surface area is 151 Å². The Morgan fingerprint density at radius 3 is 2.65 bits per heavy atom. The molecule has 3 aromatic rings. The Kier molecular flexibility index (Phi) is 4.05. The summed E-state index contributed by atoms with van der Waals surface area (Å²) >= 11 is 0. The van der Waals surface area contributed by atoms with E-state index in [9.17, 15) is 9.59 Å². The molecule has 0 fully saturated rings. The molecule has 2 amide bonds. The van der Waals surface area contributed by atoms with Crippen molar-refractivity contribution in [2.45, 2.75) is 19.4 Å². The lowest BCUT2D eigenvalue weighted by Crippen LogP contribution is -2.41. The smallest absolute Gasteiger partial charge is 0.255 e. The highest BCUT2D eigenvalue weighted by molar-refractivity contribution is 6.01. The van der Waals surface area contributed by atoms with Crippen LogP contribution in [-0.2, 0) is 11.2 Å². The highest BCUT2D eigenvalue weighted by Crippen LogP contribution is 2.37. The zero-order chi connectivity index (χ0) is 18.1. The van der Waals surface area contributed by atoms with Crippen LogP contribution in [0.15, 0.2) is 65.5 Å². The highest BCUT2D eigenvalue weighted by atomic mass is 16.3. The number of hydrogen-bond donors (Lipinski definition) is 2. The molecule has 0 unspecified atom stereocenters. The second-order valence-electron chi connectivity index (χ2n) is 6.40. The quantitative estimate of drug-likeness (QED) is 0.593. The lowest BCUT2D eigenvalue weighted by Gasteiger charge is -2.14. The molecule has 1 aliphatic rings. The molecule has 1 aromatic heterocycles. The number of nitrogens with one attached hydrogen (secondary N) is 2. The molecular formula is C21H18N2O3. The molecule has 0 aliphatic heterocycles. The van der Waals surface area contributed by atoms with Crippen LogP contribution < -0.4 is 10.6 Å². The summed E-state index contributed by atoms with van der Waals surface area (Å²) in [4.78, 5) is 24.4. The molecule has 2 aromatic carbocycles. The van der Waals surface area contributed by atoms with Crippen LogP contribution in [0.2, 0.25) is 0 Å². The van der Waals surface area contributed by atoms with Gasteiger partial charge >= 0.3 is 0 Å². The van der Waals surface area contributed by atoms with Gasteiger partial charge in [-0.2, -0.15) is 0 Å². The number of carbonyl (C=O) groups excluding carboxylic acids is 2. The third-order valence-corrected chi connectivity index (χ3v) is 4.59. The standard InChI is InChI=1S/C21H18N2O3/c1-13(22-21(25)15-8-9-26-12-15)20(24)23-17-6-7-19-16(11-17)10-14-4-2-3-5-18(14)19/h2-9,11-13H,10H2,1H3,(H,22,25)(H,23,24)/t13-/m0/s1. The van der Waals surface area contributed by atoms with Gasteiger partial charge in [0.05, 0.1) is 11.8 Å². The first-order valence-electron chi connectivity index (χ1n) is 8.47. The van der Waals surface area contributed by atoms with Gasteiger partial charge in [0.2, 0.25) is 5.91 Å². The summed E-state index contributed by atoms with van der Waals surface area (Å²) in [6.07, 6.45) is 3.63. The lowest BCUT2D eigenvalue weighted by atomic mass is 10.1. The Balaban J connectivity index is 1.44. The third kappa shape index (κ3) is 2.99. The van der Waals surface area contributed by atoms with Crippen LogP contribution in [0.4, 0.5) is 5.69 Å². The van der Waals surface area contributed by atoms with Gasteiger partial charge in [-0.25, -0.2) is 0 Å². The van der Waals surface area contributed by atoms with Gasteiger partial charge in [-0.3, -0.25) is 9.59 Å². The van der Waals surface area contributed by atoms with Crippen LogP contribution in [0, 0.1) is 0 Å². The highest BCUT2D eigenvalue weighted by Gasteiger charge is 2.20. The van der Waals surface area contributed by atoms with Crippen LogP contribution in [0.3, 0.4) is 0 Å². The number of amides is 2. The maximum Gasteiger partial charge on any atom is 0.255 e. The number of carbonyl (C=O) groups is 2. The van der Waals surface area contributed by atoms with Crippen LogP contribution >= 0.6 is 0 Å². The Bertz CT molecular complexity index is 977. The molecular weight excluding hydrogens is 328 g/mol. The Morgan fingerprint density at radius 2 is 1.85 bits per heavy atom. The second-order valence-corrected chi connectivity index (χ2v) is 6.40. The van der Waals surface area contributed by atoms with Gasteiger partial charge in [0.1, 0.15) is 12.3 Å². The van der Waals surface area contributed by atoms with E-state index in [1.165, 1.54) is 34.8 Å². The van der Waals surface area contributed by atoms with E-state index >= 15 is 0 Å². The molecule has 0 saturated heterocycles. The maximum absolute atomic E-state index is 12.4. The van der Waals surface area contributed by atoms with Gasteiger partial charge < -0.3 is 15.1 Å². The monoisotopic (exact) mass is 346 g/mol. The number of anilines is 1. The summed E-state index contributed by atoms with van der Waals surface area (Å²) in [5.74, 6) is -0.608. The first-order chi connectivity index (χ1) is 12.6. The molecule has 1 heterocycles. The van der Waals surface area contributed by atoms with E-state index in [1.54, 1.807) is 13.0 Å². The molecule has 1 atom stereocenters. The van der Waals surface area contributed by atoms with Gasteiger partial charge in [-0.05, 0) is 53.8 Å². The second kappa shape index (κ2) is 6.52. The van der Waals surface area contributed by atoms with Crippen LogP contribution in [0.25, 0.3) is 11.1 Å². The minimum atomic E-state index is -0.664. The van der Waals surface area contributed by atoms with Gasteiger partial charge in [0.15, 0.2) is 0 Å².